The fraction of sp³-hybridized carbons (Fsp3) is 0. The molecule has 0 bridgehead atoms. The zero-order chi connectivity index (χ0) is 66.1. The smallest absolute Gasteiger partial charge is 0.166 e. The highest BCUT2D eigenvalue weighted by atomic mass is 15.1. The van der Waals surface area contributed by atoms with Crippen molar-refractivity contribution >= 4 is 21.8 Å². The van der Waals surface area contributed by atoms with Gasteiger partial charge in [-0.3, -0.25) is 0 Å². The van der Waals surface area contributed by atoms with Gasteiger partial charge in [0.2, 0.25) is 0 Å². The van der Waals surface area contributed by atoms with Crippen molar-refractivity contribution in [1.29, 1.82) is 0 Å². The zero-order valence-corrected chi connectivity index (χ0v) is 27.3. The molecule has 2 aromatic heterocycles. The number of rotatable bonds is 7. The van der Waals surface area contributed by atoms with Crippen LogP contribution in [0.25, 0.3) is 95.0 Å². The van der Waals surface area contributed by atoms with Gasteiger partial charge in [-0.15, -0.1) is 0 Å². The minimum absolute atomic E-state index is 0.599. The van der Waals surface area contributed by atoms with Gasteiger partial charge in [0.1, 0.15) is 0 Å². The molecule has 0 aliphatic carbocycles. The van der Waals surface area contributed by atoms with Crippen LogP contribution >= 0.6 is 0 Å². The second-order valence-electron chi connectivity index (χ2n) is 11.1. The van der Waals surface area contributed by atoms with Crippen LogP contribution in [0.15, 0.2) is 205 Å². The first-order chi connectivity index (χ1) is 41.4. The average molecular weight is 737 g/mol. The predicted molar refractivity (Wildman–Crippen MR) is 227 cm³/mol. The molecule has 0 radical (unpaired) electrons. The molecule has 0 atom stereocenters. The predicted octanol–water partition coefficient (Wildman–Crippen LogP) is 13.0. The van der Waals surface area contributed by atoms with E-state index in [0.717, 1.165) is 0 Å². The monoisotopic (exact) mass is 736 g/mol. The van der Waals surface area contributed by atoms with E-state index in [4.69, 9.17) is 31.5 Å². The number of hydrogen-bond donors (Lipinski definition) is 0. The molecule has 10 rings (SSSR count). The Balaban J connectivity index is 1.43. The molecule has 55 heavy (non-hydrogen) atoms. The van der Waals surface area contributed by atoms with Crippen LogP contribution in [0.3, 0.4) is 0 Å². The fourth-order valence-electron chi connectivity index (χ4n) is 5.59. The molecule has 0 aliphatic rings. The summed E-state index contributed by atoms with van der Waals surface area (Å²) in [5, 5.41) is -1.55. The van der Waals surface area contributed by atoms with Gasteiger partial charge in [-0.2, -0.15) is 0 Å². The van der Waals surface area contributed by atoms with Crippen molar-refractivity contribution in [3.63, 3.8) is 0 Å². The molecule has 0 saturated heterocycles. The first-order valence-electron chi connectivity index (χ1n) is 32.8. The van der Waals surface area contributed by atoms with Crippen LogP contribution in [0.2, 0.25) is 0 Å². The summed E-state index contributed by atoms with van der Waals surface area (Å²) < 4.78 is 304. The Morgan fingerprint density at radius 2 is 0.782 bits per heavy atom. The summed E-state index contributed by atoms with van der Waals surface area (Å²) in [7, 11) is 0. The van der Waals surface area contributed by atoms with Gasteiger partial charge in [0.05, 0.1) is 63.3 Å². The van der Waals surface area contributed by atoms with E-state index in [0.29, 0.717) is 4.57 Å². The molecular weight excluding hydrogens is 669 g/mol. The quantitative estimate of drug-likeness (QED) is 0.164. The number of benzene rings is 8. The highest BCUT2D eigenvalue weighted by Gasteiger charge is 2.21. The van der Waals surface area contributed by atoms with Crippen LogP contribution in [-0.2, 0) is 0 Å². The maximum absolute atomic E-state index is 9.66. The van der Waals surface area contributed by atoms with Crippen molar-refractivity contribution in [2.75, 3.05) is 0 Å². The number of hydrogen-bond acceptors (Lipinski definition) is 3. The molecule has 4 nitrogen and oxygen atoms in total. The van der Waals surface area contributed by atoms with Crippen LogP contribution in [0, 0.1) is 0 Å². The molecule has 0 N–H and O–H groups in total. The Morgan fingerprint density at radius 3 is 1.51 bits per heavy atom. The summed E-state index contributed by atoms with van der Waals surface area (Å²) in [6.45, 7) is 0. The topological polar surface area (TPSA) is 43.6 Å². The van der Waals surface area contributed by atoms with Gasteiger partial charge >= 0.3 is 0 Å². The Hall–Kier alpha value is -7.43. The summed E-state index contributed by atoms with van der Waals surface area (Å²) in [5.41, 5.74) is -10.8. The molecule has 4 heteroatoms. The molecule has 0 unspecified atom stereocenters. The minimum atomic E-state index is -1.20. The Morgan fingerprint density at radius 1 is 0.327 bits per heavy atom. The molecule has 10 aromatic rings. The largest absolute Gasteiger partial charge is 0.308 e. The van der Waals surface area contributed by atoms with Crippen LogP contribution in [0.1, 0.15) is 46.6 Å². The molecule has 0 spiro atoms. The zero-order valence-electron chi connectivity index (χ0n) is 61.3. The average Bonchev–Trinajstić information content (AvgIpc) is 1.61. The summed E-state index contributed by atoms with van der Waals surface area (Å²) in [6.07, 6.45) is 0. The molecular formula is C51H34N4. The molecule has 0 saturated carbocycles. The van der Waals surface area contributed by atoms with Crippen LogP contribution < -0.4 is 0 Å². The van der Waals surface area contributed by atoms with Gasteiger partial charge in [-0.05, 0) is 63.6 Å². The molecule has 2 heterocycles. The van der Waals surface area contributed by atoms with E-state index < -0.39 is 300 Å². The SMILES string of the molecule is [2H]c1c([2H])c([2H])c(-c2nc(-c3c([2H])c([2H])c(-c4c([2H])c([2H])c([2H])c([2H])c4[2H])c([2H])c3[2H])nc(-c3c([2H])c([2H])c([2H])c([2H])c3-n3c4c([2H])c([2H])c([2H])c([2H])c4c4c(-c5c([2H])c([2H])c([2H])c(-c6c([2H])c([2H])c([2H])c([2H])c6[2H])c5[2H])c([2H])c([2H])c([2H])c43)n2)c([2H])c1[2H]. The third kappa shape index (κ3) is 5.96. The maximum Gasteiger partial charge on any atom is 0.166 e. The van der Waals surface area contributed by atoms with Crippen molar-refractivity contribution in [2.24, 2.45) is 0 Å². The van der Waals surface area contributed by atoms with E-state index in [1.807, 2.05) is 0 Å². The summed E-state index contributed by atoms with van der Waals surface area (Å²) in [4.78, 5) is 13.0. The lowest BCUT2D eigenvalue weighted by atomic mass is 9.96. The number of nitrogens with zero attached hydrogens (tertiary/aromatic N) is 4. The van der Waals surface area contributed by atoms with E-state index in [1.54, 1.807) is 0 Å². The summed E-state index contributed by atoms with van der Waals surface area (Å²) in [6, 6.07) is -35.6. The number of aromatic nitrogens is 4. The first kappa shape index (κ1) is 12.6. The highest BCUT2D eigenvalue weighted by molar-refractivity contribution is 6.16. The minimum Gasteiger partial charge on any atom is -0.308 e. The normalized spacial score (nSPS) is 19.9. The van der Waals surface area contributed by atoms with Gasteiger partial charge in [0.25, 0.3) is 0 Å². The molecule has 258 valence electrons. The molecule has 8 aromatic carbocycles. The van der Waals surface area contributed by atoms with Crippen molar-refractivity contribution in [3.05, 3.63) is 205 Å². The van der Waals surface area contributed by atoms with Gasteiger partial charge < -0.3 is 4.57 Å². The highest BCUT2D eigenvalue weighted by Crippen LogP contribution is 2.41. The van der Waals surface area contributed by atoms with Crippen molar-refractivity contribution < 1.29 is 46.6 Å². The Bertz CT molecular complexity index is 4840. The van der Waals surface area contributed by atoms with E-state index >= 15 is 0 Å². The van der Waals surface area contributed by atoms with Crippen LogP contribution in [-0.4, -0.2) is 19.5 Å². The third-order valence-electron chi connectivity index (χ3n) is 7.92. The second kappa shape index (κ2) is 13.8. The lowest BCUT2D eigenvalue weighted by Crippen LogP contribution is -2.03. The fourth-order valence-corrected chi connectivity index (χ4v) is 5.59. The summed E-state index contributed by atoms with van der Waals surface area (Å²) >= 11 is 0. The van der Waals surface area contributed by atoms with Crippen molar-refractivity contribution in [2.45, 2.75) is 0 Å². The molecule has 0 fully saturated rings. The van der Waals surface area contributed by atoms with Gasteiger partial charge in [0.15, 0.2) is 17.5 Å². The molecule has 0 amide bonds. The number of fused-ring (bicyclic) bond motifs is 3. The number of para-hydroxylation sites is 2. The van der Waals surface area contributed by atoms with Gasteiger partial charge in [-0.1, -0.05) is 175 Å². The lowest BCUT2D eigenvalue weighted by Gasteiger charge is -2.15. The standard InChI is InChI=1S/C51H34N4/c1-4-16-35(17-5-1)37-30-32-39(33-31-37)50-52-49(38-20-8-3-9-21-38)53-51(54-50)44-25-11-13-28-46(44)55-45-27-12-10-24-43(45)48-42(26-15-29-47(48)55)41-23-14-22-40(34-41)36-18-6-2-7-19-36/h1-34H/i1D,2D,3D,4D,5D,6D,7D,8D,9D,10D,11D,12D,13D,14D,15D,16D,17D,18D,19D,20D,21D,22D,23D,24D,25D,26D,27D,28D,29D,30D,31D,32D,33D,34D. The van der Waals surface area contributed by atoms with E-state index in [2.05, 4.69) is 15.0 Å². The Labute approximate surface area is 367 Å². The van der Waals surface area contributed by atoms with E-state index in [9.17, 15) is 15.1 Å². The van der Waals surface area contributed by atoms with Crippen LogP contribution in [0.4, 0.5) is 0 Å². The second-order valence-corrected chi connectivity index (χ2v) is 11.1. The van der Waals surface area contributed by atoms with Crippen molar-refractivity contribution in [3.8, 4) is 73.2 Å². The van der Waals surface area contributed by atoms with E-state index in [-0.39, 0.29) is 0 Å². The van der Waals surface area contributed by atoms with Crippen molar-refractivity contribution in [1.82, 2.24) is 19.5 Å². The first-order valence-corrected chi connectivity index (χ1v) is 15.8. The van der Waals surface area contributed by atoms with E-state index in [1.165, 1.54) is 0 Å². The van der Waals surface area contributed by atoms with Crippen LogP contribution in [0.5, 0.6) is 0 Å². The molecule has 0 aliphatic heterocycles. The van der Waals surface area contributed by atoms with Gasteiger partial charge in [0, 0.05) is 27.5 Å². The maximum atomic E-state index is 9.66. The summed E-state index contributed by atoms with van der Waals surface area (Å²) in [5.74, 6) is -3.13. The Kier molecular flexibility index (Phi) is 3.17. The van der Waals surface area contributed by atoms with Gasteiger partial charge in [-0.25, -0.2) is 15.0 Å². The third-order valence-corrected chi connectivity index (χ3v) is 7.92. The lowest BCUT2D eigenvalue weighted by molar-refractivity contribution is 1.06.